The van der Waals surface area contributed by atoms with Gasteiger partial charge >= 0.3 is 0 Å². The summed E-state index contributed by atoms with van der Waals surface area (Å²) in [4.78, 5) is 11.9. The molecule has 0 fully saturated rings. The van der Waals surface area contributed by atoms with Crippen LogP contribution in [0.25, 0.3) is 0 Å². The molecule has 0 heterocycles. The van der Waals surface area contributed by atoms with Crippen LogP contribution in [0.15, 0.2) is 24.3 Å². The number of rotatable bonds is 7. The number of aromatic hydroxyl groups is 1. The van der Waals surface area contributed by atoms with E-state index in [1.54, 1.807) is 30.5 Å². The van der Waals surface area contributed by atoms with Crippen LogP contribution in [0, 0.1) is 0 Å². The summed E-state index contributed by atoms with van der Waals surface area (Å²) < 4.78 is 11.0. The Balaban J connectivity index is 2.42. The lowest BCUT2D eigenvalue weighted by Crippen LogP contribution is -2.45. The number of benzene rings is 1. The lowest BCUT2D eigenvalue weighted by Gasteiger charge is -2.17. The van der Waals surface area contributed by atoms with E-state index in [1.807, 2.05) is 6.92 Å². The minimum absolute atomic E-state index is 0.0442. The maximum atomic E-state index is 11.9. The number of amides is 1. The van der Waals surface area contributed by atoms with Gasteiger partial charge < -0.3 is 16.2 Å². The highest BCUT2D eigenvalue weighted by atomic mass is 32.2. The molecule has 0 saturated carbocycles. The van der Waals surface area contributed by atoms with Crippen molar-refractivity contribution in [2.75, 3.05) is 12.0 Å². The molecule has 112 valence electrons. The summed E-state index contributed by atoms with van der Waals surface area (Å²) in [6.45, 7) is 1.87. The zero-order valence-corrected chi connectivity index (χ0v) is 12.7. The van der Waals surface area contributed by atoms with Crippen LogP contribution in [0.3, 0.4) is 0 Å². The van der Waals surface area contributed by atoms with E-state index in [2.05, 4.69) is 5.32 Å². The molecule has 0 aliphatic heterocycles. The Hall–Kier alpha value is -1.40. The Morgan fingerprint density at radius 3 is 2.55 bits per heavy atom. The number of phenolic OH excluding ortho intramolecular Hbond substituents is 1. The molecule has 1 aromatic rings. The molecule has 5 nitrogen and oxygen atoms in total. The zero-order chi connectivity index (χ0) is 15.1. The van der Waals surface area contributed by atoms with Crippen LogP contribution in [-0.2, 0) is 22.0 Å². The minimum Gasteiger partial charge on any atom is -0.508 e. The molecule has 0 radical (unpaired) electrons. The maximum Gasteiger partial charge on any atom is 0.237 e. The number of nitrogens with two attached hydrogens (primary N) is 1. The van der Waals surface area contributed by atoms with Gasteiger partial charge in [-0.2, -0.15) is 0 Å². The number of nitrogens with one attached hydrogen (secondary N) is 1. The van der Waals surface area contributed by atoms with E-state index < -0.39 is 16.8 Å². The van der Waals surface area contributed by atoms with Gasteiger partial charge in [0.1, 0.15) is 5.75 Å². The molecule has 20 heavy (non-hydrogen) atoms. The zero-order valence-electron chi connectivity index (χ0n) is 11.8. The van der Waals surface area contributed by atoms with E-state index in [9.17, 15) is 14.1 Å². The second-order valence-electron chi connectivity index (χ2n) is 4.95. The fourth-order valence-corrected chi connectivity index (χ4v) is 2.43. The third-order valence-electron chi connectivity index (χ3n) is 2.96. The lowest BCUT2D eigenvalue weighted by molar-refractivity contribution is -0.122. The highest BCUT2D eigenvalue weighted by molar-refractivity contribution is 7.84. The normalized spacial score (nSPS) is 15.3. The topological polar surface area (TPSA) is 92.4 Å². The molecule has 0 aliphatic rings. The molecule has 1 rings (SSSR count). The van der Waals surface area contributed by atoms with Crippen molar-refractivity contribution in [2.24, 2.45) is 5.73 Å². The van der Waals surface area contributed by atoms with Gasteiger partial charge in [0.2, 0.25) is 5.91 Å². The molecular formula is C14H22N2O3S. The van der Waals surface area contributed by atoms with E-state index in [0.717, 1.165) is 5.56 Å². The van der Waals surface area contributed by atoms with Crippen LogP contribution in [0.4, 0.5) is 0 Å². The van der Waals surface area contributed by atoms with E-state index in [0.29, 0.717) is 18.6 Å². The van der Waals surface area contributed by atoms with Crippen molar-refractivity contribution >= 4 is 16.7 Å². The molecular weight excluding hydrogens is 276 g/mol. The summed E-state index contributed by atoms with van der Waals surface area (Å²) in [7, 11) is -0.852. The number of hydrogen-bond acceptors (Lipinski definition) is 4. The number of carbonyl (C=O) groups is 1. The Morgan fingerprint density at radius 2 is 2.00 bits per heavy atom. The second-order valence-corrected chi connectivity index (χ2v) is 6.51. The van der Waals surface area contributed by atoms with Crippen LogP contribution in [-0.4, -0.2) is 39.3 Å². The van der Waals surface area contributed by atoms with E-state index >= 15 is 0 Å². The first kappa shape index (κ1) is 16.7. The van der Waals surface area contributed by atoms with Gasteiger partial charge in [0.15, 0.2) is 0 Å². The fourth-order valence-electron chi connectivity index (χ4n) is 1.74. The van der Waals surface area contributed by atoms with E-state index in [1.165, 1.54) is 0 Å². The average molecular weight is 298 g/mol. The van der Waals surface area contributed by atoms with Gasteiger partial charge in [-0.05, 0) is 37.5 Å². The first-order valence-electron chi connectivity index (χ1n) is 6.52. The van der Waals surface area contributed by atoms with Crippen LogP contribution in [0.1, 0.15) is 18.9 Å². The summed E-state index contributed by atoms with van der Waals surface area (Å²) in [5.41, 5.74) is 6.75. The fraction of sp³-hybridized carbons (Fsp3) is 0.500. The van der Waals surface area contributed by atoms with Crippen molar-refractivity contribution in [1.82, 2.24) is 5.32 Å². The predicted molar refractivity (Wildman–Crippen MR) is 80.9 cm³/mol. The smallest absolute Gasteiger partial charge is 0.237 e. The Morgan fingerprint density at radius 1 is 1.40 bits per heavy atom. The maximum absolute atomic E-state index is 11.9. The summed E-state index contributed by atoms with van der Waals surface area (Å²) in [6, 6.07) is 5.95. The molecule has 0 aromatic heterocycles. The summed E-state index contributed by atoms with van der Waals surface area (Å²) in [5.74, 6) is 0.537. The van der Waals surface area contributed by atoms with Crippen LogP contribution in [0.2, 0.25) is 0 Å². The number of hydrogen-bond donors (Lipinski definition) is 3. The number of carbonyl (C=O) groups excluding carboxylic acids is 1. The third kappa shape index (κ3) is 6.16. The number of phenols is 1. The molecule has 0 spiro atoms. The highest BCUT2D eigenvalue weighted by Crippen LogP contribution is 2.11. The van der Waals surface area contributed by atoms with Crippen molar-refractivity contribution in [3.05, 3.63) is 29.8 Å². The van der Waals surface area contributed by atoms with Crippen LogP contribution in [0.5, 0.6) is 5.75 Å². The highest BCUT2D eigenvalue weighted by Gasteiger charge is 2.16. The van der Waals surface area contributed by atoms with Crippen LogP contribution >= 0.6 is 0 Å². The molecule has 3 unspecified atom stereocenters. The lowest BCUT2D eigenvalue weighted by atomic mass is 10.1. The van der Waals surface area contributed by atoms with Crippen LogP contribution < -0.4 is 11.1 Å². The summed E-state index contributed by atoms with van der Waals surface area (Å²) in [5, 5.41) is 12.0. The minimum atomic E-state index is -0.852. The molecule has 0 saturated heterocycles. The molecule has 1 aromatic carbocycles. The van der Waals surface area contributed by atoms with E-state index in [-0.39, 0.29) is 17.7 Å². The Kier molecular flexibility index (Phi) is 6.67. The molecule has 1 amide bonds. The molecule has 3 atom stereocenters. The van der Waals surface area contributed by atoms with Crippen molar-refractivity contribution in [3.63, 3.8) is 0 Å². The first-order valence-corrected chi connectivity index (χ1v) is 8.25. The van der Waals surface area contributed by atoms with Gasteiger partial charge in [-0.15, -0.1) is 0 Å². The van der Waals surface area contributed by atoms with E-state index in [4.69, 9.17) is 5.73 Å². The van der Waals surface area contributed by atoms with Crippen molar-refractivity contribution in [2.45, 2.75) is 31.8 Å². The quantitative estimate of drug-likeness (QED) is 0.685. The van der Waals surface area contributed by atoms with Crippen molar-refractivity contribution in [1.29, 1.82) is 0 Å². The molecule has 6 heteroatoms. The van der Waals surface area contributed by atoms with Gasteiger partial charge in [0.05, 0.1) is 6.04 Å². The van der Waals surface area contributed by atoms with Crippen molar-refractivity contribution < 1.29 is 14.1 Å². The Bertz CT molecular complexity index is 462. The molecule has 0 aliphatic carbocycles. The third-order valence-corrected chi connectivity index (χ3v) is 3.77. The second kappa shape index (κ2) is 8.01. The van der Waals surface area contributed by atoms with Gasteiger partial charge in [0.25, 0.3) is 0 Å². The first-order chi connectivity index (χ1) is 9.38. The van der Waals surface area contributed by atoms with Gasteiger partial charge in [-0.25, -0.2) is 0 Å². The monoisotopic (exact) mass is 298 g/mol. The average Bonchev–Trinajstić information content (AvgIpc) is 2.39. The molecule has 0 bridgehead atoms. The van der Waals surface area contributed by atoms with Gasteiger partial charge in [-0.1, -0.05) is 12.1 Å². The van der Waals surface area contributed by atoms with Crippen molar-refractivity contribution in [3.8, 4) is 5.75 Å². The SMILES string of the molecule is CC(CCS(C)=O)NC(=O)C(N)Cc1ccc(O)cc1. The largest absolute Gasteiger partial charge is 0.508 e. The van der Waals surface area contributed by atoms with Gasteiger partial charge in [0, 0.05) is 28.9 Å². The summed E-state index contributed by atoms with van der Waals surface area (Å²) in [6.07, 6.45) is 2.73. The standard InChI is InChI=1S/C14H22N2O3S/c1-10(7-8-20(2)19)16-14(18)13(15)9-11-3-5-12(17)6-4-11/h3-6,10,13,17H,7-9,15H2,1-2H3,(H,16,18). The van der Waals surface area contributed by atoms with Gasteiger partial charge in [-0.3, -0.25) is 9.00 Å². The molecule has 4 N–H and O–H groups in total. The Labute approximate surface area is 122 Å². The summed E-state index contributed by atoms with van der Waals surface area (Å²) >= 11 is 0. The predicted octanol–water partition coefficient (Wildman–Crippen LogP) is 0.535.